The standard InChI is InChI=1S/C11H11BrF6N4O/c1-10(15,16)11(17,18)7(19)6(23-9(13)14)8(20-2)22-4-5(12)3-21-22/h3-4,9H,19H2,1-2H3. The van der Waals surface area contributed by atoms with Crippen LogP contribution in [0.1, 0.15) is 6.92 Å². The lowest BCUT2D eigenvalue weighted by atomic mass is 10.1. The number of nitrogens with zero attached hydrogens (tertiary/aromatic N) is 3. The Morgan fingerprint density at radius 2 is 1.96 bits per heavy atom. The molecule has 1 heterocycles. The molecule has 0 unspecified atom stereocenters. The smallest absolute Gasteiger partial charge is 0.387 e. The quantitative estimate of drug-likeness (QED) is 0.352. The minimum atomic E-state index is -4.95. The molecule has 0 spiro atoms. The van der Waals surface area contributed by atoms with Gasteiger partial charge in [-0.05, 0) is 15.9 Å². The molecule has 0 bridgehead atoms. The van der Waals surface area contributed by atoms with Crippen LogP contribution in [0.3, 0.4) is 0 Å². The van der Waals surface area contributed by atoms with Crippen LogP contribution in [-0.2, 0) is 4.74 Å². The first-order chi connectivity index (χ1) is 10.4. The SMILES string of the molecule is CN=C(C(OC(F)F)=C(N)C(F)(F)C(C)(F)F)n1cc(Br)cn1. The highest BCUT2D eigenvalue weighted by atomic mass is 79.9. The van der Waals surface area contributed by atoms with Crippen molar-refractivity contribution < 1.29 is 31.1 Å². The predicted molar refractivity (Wildman–Crippen MR) is 72.6 cm³/mol. The molecule has 5 nitrogen and oxygen atoms in total. The number of allylic oxidation sites excluding steroid dienone is 2. The van der Waals surface area contributed by atoms with Crippen molar-refractivity contribution in [1.29, 1.82) is 0 Å². The average molecular weight is 409 g/mol. The van der Waals surface area contributed by atoms with E-state index in [4.69, 9.17) is 5.73 Å². The van der Waals surface area contributed by atoms with Crippen molar-refractivity contribution in [3.8, 4) is 0 Å². The molecule has 0 aliphatic rings. The lowest BCUT2D eigenvalue weighted by molar-refractivity contribution is -0.178. The molecule has 0 aliphatic carbocycles. The lowest BCUT2D eigenvalue weighted by Gasteiger charge is -2.25. The molecule has 0 radical (unpaired) electrons. The number of hydrogen-bond acceptors (Lipinski definition) is 4. The van der Waals surface area contributed by atoms with Gasteiger partial charge in [0.1, 0.15) is 5.70 Å². The molecule has 0 amide bonds. The van der Waals surface area contributed by atoms with Crippen LogP contribution < -0.4 is 5.73 Å². The van der Waals surface area contributed by atoms with Crippen LogP contribution in [0.2, 0.25) is 0 Å². The molecular weight excluding hydrogens is 398 g/mol. The number of alkyl halides is 6. The molecule has 0 aliphatic heterocycles. The Hall–Kier alpha value is -1.72. The Morgan fingerprint density at radius 3 is 2.30 bits per heavy atom. The predicted octanol–water partition coefficient (Wildman–Crippen LogP) is 3.22. The fourth-order valence-electron chi connectivity index (χ4n) is 1.43. The van der Waals surface area contributed by atoms with E-state index in [9.17, 15) is 26.3 Å². The third kappa shape index (κ3) is 4.18. The summed E-state index contributed by atoms with van der Waals surface area (Å²) in [5.74, 6) is -11.7. The van der Waals surface area contributed by atoms with Crippen molar-refractivity contribution in [3.63, 3.8) is 0 Å². The Balaban J connectivity index is 3.52. The van der Waals surface area contributed by atoms with Crippen LogP contribution in [0, 0.1) is 0 Å². The monoisotopic (exact) mass is 408 g/mol. The number of hydrogen-bond donors (Lipinski definition) is 1. The largest absolute Gasteiger partial charge is 0.429 e. The number of aromatic nitrogens is 2. The Kier molecular flexibility index (Phi) is 5.72. The van der Waals surface area contributed by atoms with Crippen molar-refractivity contribution in [2.24, 2.45) is 10.7 Å². The summed E-state index contributed by atoms with van der Waals surface area (Å²) in [5, 5.41) is 3.63. The van der Waals surface area contributed by atoms with Gasteiger partial charge in [0.2, 0.25) is 0 Å². The zero-order valence-corrected chi connectivity index (χ0v) is 13.3. The van der Waals surface area contributed by atoms with Crippen molar-refractivity contribution in [3.05, 3.63) is 28.3 Å². The fraction of sp³-hybridized carbons (Fsp3) is 0.455. The van der Waals surface area contributed by atoms with E-state index in [1.807, 2.05) is 0 Å². The molecule has 1 rings (SSSR count). The normalized spacial score (nSPS) is 15.0. The van der Waals surface area contributed by atoms with Gasteiger partial charge in [0.15, 0.2) is 11.6 Å². The summed E-state index contributed by atoms with van der Waals surface area (Å²) in [7, 11) is 1.04. The summed E-state index contributed by atoms with van der Waals surface area (Å²) in [6.07, 6.45) is 2.35. The second-order valence-electron chi connectivity index (χ2n) is 4.23. The molecule has 0 saturated heterocycles. The van der Waals surface area contributed by atoms with Gasteiger partial charge in [-0.2, -0.15) is 31.4 Å². The van der Waals surface area contributed by atoms with E-state index in [0.29, 0.717) is 4.47 Å². The summed E-state index contributed by atoms with van der Waals surface area (Å²) in [6.45, 7) is -3.70. The molecule has 0 atom stereocenters. The van der Waals surface area contributed by atoms with Crippen LogP contribution in [0.5, 0.6) is 0 Å². The van der Waals surface area contributed by atoms with Crippen molar-refractivity contribution in [2.45, 2.75) is 25.4 Å². The third-order valence-corrected chi connectivity index (χ3v) is 2.93. The third-order valence-electron chi connectivity index (χ3n) is 2.52. The Bertz CT molecular complexity index is 622. The molecule has 12 heteroatoms. The summed E-state index contributed by atoms with van der Waals surface area (Å²) in [5.41, 5.74) is 3.12. The van der Waals surface area contributed by atoms with Crippen molar-refractivity contribution in [1.82, 2.24) is 9.78 Å². The topological polar surface area (TPSA) is 65.4 Å². The van der Waals surface area contributed by atoms with E-state index >= 15 is 0 Å². The molecule has 2 N–H and O–H groups in total. The van der Waals surface area contributed by atoms with Gasteiger partial charge < -0.3 is 10.5 Å². The summed E-state index contributed by atoms with van der Waals surface area (Å²) < 4.78 is 83.5. The molecule has 0 saturated carbocycles. The molecule has 130 valence electrons. The number of rotatable bonds is 5. The maximum Gasteiger partial charge on any atom is 0.387 e. The van der Waals surface area contributed by atoms with Crippen molar-refractivity contribution in [2.75, 3.05) is 7.05 Å². The summed E-state index contributed by atoms with van der Waals surface area (Å²) in [6, 6.07) is 0. The number of ether oxygens (including phenoxy) is 1. The fourth-order valence-corrected chi connectivity index (χ4v) is 1.72. The first-order valence-electron chi connectivity index (χ1n) is 5.80. The second kappa shape index (κ2) is 6.81. The maximum atomic E-state index is 13.7. The highest BCUT2D eigenvalue weighted by Gasteiger charge is 2.56. The number of aliphatic imine (C=N–C) groups is 1. The molecular formula is C11H11BrF6N4O. The van der Waals surface area contributed by atoms with Crippen LogP contribution in [0.25, 0.3) is 0 Å². The van der Waals surface area contributed by atoms with Gasteiger partial charge in [0, 0.05) is 20.2 Å². The van der Waals surface area contributed by atoms with E-state index < -0.39 is 35.7 Å². The van der Waals surface area contributed by atoms with Crippen LogP contribution in [-0.4, -0.2) is 41.1 Å². The van der Waals surface area contributed by atoms with Crippen LogP contribution in [0.4, 0.5) is 26.3 Å². The molecule has 23 heavy (non-hydrogen) atoms. The number of halogens is 7. The van der Waals surface area contributed by atoms with E-state index in [2.05, 4.69) is 30.8 Å². The molecule has 1 aromatic heterocycles. The van der Waals surface area contributed by atoms with Crippen LogP contribution in [0.15, 0.2) is 33.3 Å². The van der Waals surface area contributed by atoms with E-state index in [1.54, 1.807) is 0 Å². The van der Waals surface area contributed by atoms with Gasteiger partial charge in [0.25, 0.3) is 0 Å². The molecule has 0 fully saturated rings. The van der Waals surface area contributed by atoms with E-state index in [-0.39, 0.29) is 6.92 Å². The highest BCUT2D eigenvalue weighted by Crippen LogP contribution is 2.39. The Labute approximate surface area is 134 Å². The maximum absolute atomic E-state index is 13.7. The van der Waals surface area contributed by atoms with Gasteiger partial charge in [0.05, 0.1) is 10.7 Å². The summed E-state index contributed by atoms with van der Waals surface area (Å²) >= 11 is 3.00. The first-order valence-corrected chi connectivity index (χ1v) is 6.59. The van der Waals surface area contributed by atoms with E-state index in [1.165, 1.54) is 6.20 Å². The highest BCUT2D eigenvalue weighted by molar-refractivity contribution is 9.10. The van der Waals surface area contributed by atoms with Gasteiger partial charge in [-0.1, -0.05) is 0 Å². The van der Waals surface area contributed by atoms with Gasteiger partial charge in [-0.3, -0.25) is 4.99 Å². The average Bonchev–Trinajstić information content (AvgIpc) is 2.82. The minimum Gasteiger partial charge on any atom is -0.429 e. The first kappa shape index (κ1) is 19.3. The zero-order chi connectivity index (χ0) is 18.0. The van der Waals surface area contributed by atoms with Crippen LogP contribution >= 0.6 is 15.9 Å². The van der Waals surface area contributed by atoms with E-state index in [0.717, 1.165) is 17.9 Å². The lowest BCUT2D eigenvalue weighted by Crippen LogP contribution is -2.44. The number of nitrogens with two attached hydrogens (primary N) is 1. The summed E-state index contributed by atoms with van der Waals surface area (Å²) in [4.78, 5) is 3.46. The second-order valence-corrected chi connectivity index (χ2v) is 5.15. The molecule has 0 aromatic carbocycles. The van der Waals surface area contributed by atoms with Gasteiger partial charge in [-0.15, -0.1) is 0 Å². The zero-order valence-electron chi connectivity index (χ0n) is 11.7. The van der Waals surface area contributed by atoms with Crippen molar-refractivity contribution >= 4 is 21.8 Å². The molecule has 1 aromatic rings. The Morgan fingerprint density at radius 1 is 1.39 bits per heavy atom. The van der Waals surface area contributed by atoms with Gasteiger partial charge in [-0.25, -0.2) is 4.68 Å². The van der Waals surface area contributed by atoms with Gasteiger partial charge >= 0.3 is 18.5 Å². The minimum absolute atomic E-state index is 0.104.